The number of nitrogens with zero attached hydrogens (tertiary/aromatic N) is 3. The Bertz CT molecular complexity index is 417. The summed E-state index contributed by atoms with van der Waals surface area (Å²) < 4.78 is 5.30. The molecule has 0 spiro atoms. The minimum atomic E-state index is -0.705. The maximum absolute atomic E-state index is 10.9. The quantitative estimate of drug-likeness (QED) is 0.866. The zero-order chi connectivity index (χ0) is 13.0. The van der Waals surface area contributed by atoms with E-state index in [0.29, 0.717) is 38.4 Å². The molecule has 1 aliphatic heterocycles. The second kappa shape index (κ2) is 5.66. The highest BCUT2D eigenvalue weighted by Gasteiger charge is 2.25. The van der Waals surface area contributed by atoms with Crippen LogP contribution in [0.2, 0.25) is 0 Å². The molecule has 1 fully saturated rings. The van der Waals surface area contributed by atoms with Crippen molar-refractivity contribution in [1.82, 2.24) is 9.97 Å². The Morgan fingerprint density at radius 2 is 2.22 bits per heavy atom. The van der Waals surface area contributed by atoms with Gasteiger partial charge in [-0.3, -0.25) is 9.78 Å². The molecule has 1 N–H and O–H groups in total. The topological polar surface area (TPSA) is 75.5 Å². The van der Waals surface area contributed by atoms with Crippen LogP contribution >= 0.6 is 0 Å². The molecule has 2 heterocycles. The number of hydrogen-bond acceptors (Lipinski definition) is 5. The van der Waals surface area contributed by atoms with Crippen molar-refractivity contribution in [3.63, 3.8) is 0 Å². The lowest BCUT2D eigenvalue weighted by molar-refractivity contribution is -0.142. The van der Waals surface area contributed by atoms with Gasteiger partial charge in [-0.05, 0) is 19.8 Å². The highest BCUT2D eigenvalue weighted by Crippen LogP contribution is 2.22. The molecule has 6 nitrogen and oxygen atoms in total. The lowest BCUT2D eigenvalue weighted by atomic mass is 9.97. The SMILES string of the molecule is CCOc1cncc(N2CCC(C(=O)O)CC2)n1. The normalized spacial score (nSPS) is 16.6. The van der Waals surface area contributed by atoms with Gasteiger partial charge in [0.25, 0.3) is 0 Å². The summed E-state index contributed by atoms with van der Waals surface area (Å²) in [6, 6.07) is 0. The van der Waals surface area contributed by atoms with Gasteiger partial charge in [-0.15, -0.1) is 0 Å². The lowest BCUT2D eigenvalue weighted by Gasteiger charge is -2.30. The largest absolute Gasteiger partial charge is 0.481 e. The predicted molar refractivity (Wildman–Crippen MR) is 65.8 cm³/mol. The molecule has 0 saturated carbocycles. The lowest BCUT2D eigenvalue weighted by Crippen LogP contribution is -2.36. The molecule has 6 heteroatoms. The summed E-state index contributed by atoms with van der Waals surface area (Å²) in [5, 5.41) is 8.94. The average molecular weight is 251 g/mol. The molecule has 1 aromatic heterocycles. The Balaban J connectivity index is 2.00. The van der Waals surface area contributed by atoms with Crippen LogP contribution < -0.4 is 9.64 Å². The number of aliphatic carboxylic acids is 1. The van der Waals surface area contributed by atoms with E-state index in [9.17, 15) is 4.79 Å². The Morgan fingerprint density at radius 3 is 2.83 bits per heavy atom. The van der Waals surface area contributed by atoms with Gasteiger partial charge in [0.15, 0.2) is 5.82 Å². The highest BCUT2D eigenvalue weighted by molar-refractivity contribution is 5.70. The summed E-state index contributed by atoms with van der Waals surface area (Å²) in [6.07, 6.45) is 4.56. The van der Waals surface area contributed by atoms with Crippen molar-refractivity contribution in [3.8, 4) is 5.88 Å². The first-order chi connectivity index (χ1) is 8.70. The Morgan fingerprint density at radius 1 is 1.50 bits per heavy atom. The first kappa shape index (κ1) is 12.6. The molecule has 0 aliphatic carbocycles. The molecule has 1 aromatic rings. The molecular weight excluding hydrogens is 234 g/mol. The van der Waals surface area contributed by atoms with Gasteiger partial charge in [0.2, 0.25) is 5.88 Å². The summed E-state index contributed by atoms with van der Waals surface area (Å²) in [7, 11) is 0. The number of anilines is 1. The number of aromatic nitrogens is 2. The van der Waals surface area contributed by atoms with E-state index in [1.165, 1.54) is 0 Å². The fourth-order valence-electron chi connectivity index (χ4n) is 2.06. The van der Waals surface area contributed by atoms with Gasteiger partial charge in [-0.2, -0.15) is 4.98 Å². The third kappa shape index (κ3) is 2.88. The van der Waals surface area contributed by atoms with Gasteiger partial charge in [-0.25, -0.2) is 0 Å². The standard InChI is InChI=1S/C12H17N3O3/c1-2-18-11-8-13-7-10(14-11)15-5-3-9(4-6-15)12(16)17/h7-9H,2-6H2,1H3,(H,16,17). The third-order valence-electron chi connectivity index (χ3n) is 3.06. The van der Waals surface area contributed by atoms with Crippen molar-refractivity contribution in [3.05, 3.63) is 12.4 Å². The Kier molecular flexibility index (Phi) is 3.96. The molecule has 1 saturated heterocycles. The fourth-order valence-corrected chi connectivity index (χ4v) is 2.06. The second-order valence-corrected chi connectivity index (χ2v) is 4.25. The molecule has 0 unspecified atom stereocenters. The summed E-state index contributed by atoms with van der Waals surface area (Å²) in [4.78, 5) is 21.4. The number of carboxylic acids is 1. The first-order valence-corrected chi connectivity index (χ1v) is 6.13. The number of piperidine rings is 1. The summed E-state index contributed by atoms with van der Waals surface area (Å²) >= 11 is 0. The molecule has 0 radical (unpaired) electrons. The van der Waals surface area contributed by atoms with Crippen LogP contribution in [0.25, 0.3) is 0 Å². The molecule has 2 rings (SSSR count). The minimum absolute atomic E-state index is 0.232. The van der Waals surface area contributed by atoms with E-state index in [1.807, 2.05) is 6.92 Å². The molecule has 0 aromatic carbocycles. The van der Waals surface area contributed by atoms with Crippen LogP contribution in [0.1, 0.15) is 19.8 Å². The van der Waals surface area contributed by atoms with Crippen LogP contribution in [-0.2, 0) is 4.79 Å². The number of carboxylic acid groups (broad SMARTS) is 1. The van der Waals surface area contributed by atoms with E-state index in [4.69, 9.17) is 9.84 Å². The van der Waals surface area contributed by atoms with Crippen LogP contribution in [0.5, 0.6) is 5.88 Å². The zero-order valence-corrected chi connectivity index (χ0v) is 10.4. The van der Waals surface area contributed by atoms with Gasteiger partial charge >= 0.3 is 5.97 Å². The number of hydrogen-bond donors (Lipinski definition) is 1. The number of ether oxygens (including phenoxy) is 1. The third-order valence-corrected chi connectivity index (χ3v) is 3.06. The van der Waals surface area contributed by atoms with Gasteiger partial charge in [0.1, 0.15) is 0 Å². The summed E-state index contributed by atoms with van der Waals surface area (Å²) in [6.45, 7) is 3.84. The van der Waals surface area contributed by atoms with Crippen LogP contribution in [0.15, 0.2) is 12.4 Å². The van der Waals surface area contributed by atoms with Crippen molar-refractivity contribution < 1.29 is 14.6 Å². The molecular formula is C12H17N3O3. The second-order valence-electron chi connectivity index (χ2n) is 4.25. The first-order valence-electron chi connectivity index (χ1n) is 6.13. The van der Waals surface area contributed by atoms with Crippen LogP contribution in [-0.4, -0.2) is 40.7 Å². The van der Waals surface area contributed by atoms with Gasteiger partial charge in [0.05, 0.1) is 24.9 Å². The molecule has 18 heavy (non-hydrogen) atoms. The summed E-state index contributed by atoms with van der Waals surface area (Å²) in [5.41, 5.74) is 0. The van der Waals surface area contributed by atoms with Gasteiger partial charge in [0, 0.05) is 13.1 Å². The molecule has 98 valence electrons. The Hall–Kier alpha value is -1.85. The molecule has 0 amide bonds. The number of carbonyl (C=O) groups is 1. The number of rotatable bonds is 4. The van der Waals surface area contributed by atoms with Crippen molar-refractivity contribution in [2.45, 2.75) is 19.8 Å². The molecule has 0 atom stereocenters. The predicted octanol–water partition coefficient (Wildman–Crippen LogP) is 1.18. The maximum Gasteiger partial charge on any atom is 0.306 e. The van der Waals surface area contributed by atoms with Crippen LogP contribution in [0.3, 0.4) is 0 Å². The molecule has 1 aliphatic rings. The average Bonchev–Trinajstić information content (AvgIpc) is 2.39. The maximum atomic E-state index is 10.9. The van der Waals surface area contributed by atoms with Crippen molar-refractivity contribution in [1.29, 1.82) is 0 Å². The monoisotopic (exact) mass is 251 g/mol. The Labute approximate surface area is 106 Å². The van der Waals surface area contributed by atoms with Crippen LogP contribution in [0, 0.1) is 5.92 Å². The minimum Gasteiger partial charge on any atom is -0.481 e. The van der Waals surface area contributed by atoms with E-state index in [0.717, 1.165) is 5.82 Å². The summed E-state index contributed by atoms with van der Waals surface area (Å²) in [5.74, 6) is 0.327. The van der Waals surface area contributed by atoms with Crippen molar-refractivity contribution in [2.24, 2.45) is 5.92 Å². The fraction of sp³-hybridized carbons (Fsp3) is 0.583. The van der Waals surface area contributed by atoms with E-state index in [1.54, 1.807) is 12.4 Å². The van der Waals surface area contributed by atoms with E-state index >= 15 is 0 Å². The van der Waals surface area contributed by atoms with E-state index in [-0.39, 0.29) is 5.92 Å². The van der Waals surface area contributed by atoms with Gasteiger partial charge in [-0.1, -0.05) is 0 Å². The zero-order valence-electron chi connectivity index (χ0n) is 10.4. The van der Waals surface area contributed by atoms with Crippen molar-refractivity contribution in [2.75, 3.05) is 24.6 Å². The smallest absolute Gasteiger partial charge is 0.306 e. The van der Waals surface area contributed by atoms with Gasteiger partial charge < -0.3 is 14.7 Å². The van der Waals surface area contributed by atoms with Crippen molar-refractivity contribution >= 4 is 11.8 Å². The van der Waals surface area contributed by atoms with E-state index in [2.05, 4.69) is 14.9 Å². The molecule has 0 bridgehead atoms. The van der Waals surface area contributed by atoms with Crippen LogP contribution in [0.4, 0.5) is 5.82 Å². The highest BCUT2D eigenvalue weighted by atomic mass is 16.5. The van der Waals surface area contributed by atoms with E-state index < -0.39 is 5.97 Å².